The van der Waals surface area contributed by atoms with E-state index in [1.165, 1.54) is 20.0 Å². The molecule has 72 valence electrons. The van der Waals surface area contributed by atoms with E-state index in [9.17, 15) is 4.79 Å². The van der Waals surface area contributed by atoms with Crippen LogP contribution in [-0.4, -0.2) is 26.2 Å². The van der Waals surface area contributed by atoms with Crippen molar-refractivity contribution in [2.45, 2.75) is 38.6 Å². The fourth-order valence-electron chi connectivity index (χ4n) is 1.12. The summed E-state index contributed by atoms with van der Waals surface area (Å²) < 4.78 is 4.63. The number of hydrogen-bond donors (Lipinski definition) is 1. The van der Waals surface area contributed by atoms with Crippen LogP contribution in [0.15, 0.2) is 0 Å². The first-order chi connectivity index (χ1) is 5.76. The number of hydrogen-bond acceptors (Lipinski definition) is 3. The van der Waals surface area contributed by atoms with E-state index in [0.717, 1.165) is 12.8 Å². The summed E-state index contributed by atoms with van der Waals surface area (Å²) >= 11 is 0. The molecule has 1 N–H and O–H groups in total. The van der Waals surface area contributed by atoms with Gasteiger partial charge in [-0.05, 0) is 13.5 Å². The van der Waals surface area contributed by atoms with Gasteiger partial charge >= 0.3 is 5.97 Å². The standard InChI is InChI=1S/C9H19NO2/c1-4-5-6-7-8(10-2)9(11)12-3/h8,10H,4-7H2,1-3H3. The lowest BCUT2D eigenvalue weighted by atomic mass is 10.1. The number of likely N-dealkylation sites (N-methyl/N-ethyl adjacent to an activating group) is 1. The molecule has 0 amide bonds. The predicted octanol–water partition coefficient (Wildman–Crippen LogP) is 1.33. The minimum absolute atomic E-state index is 0.124. The van der Waals surface area contributed by atoms with E-state index in [-0.39, 0.29) is 12.0 Å². The summed E-state index contributed by atoms with van der Waals surface area (Å²) in [4.78, 5) is 11.1. The van der Waals surface area contributed by atoms with Crippen molar-refractivity contribution in [3.8, 4) is 0 Å². The lowest BCUT2D eigenvalue weighted by Crippen LogP contribution is -2.34. The third kappa shape index (κ3) is 4.34. The number of carbonyl (C=O) groups is 1. The van der Waals surface area contributed by atoms with E-state index in [2.05, 4.69) is 17.0 Å². The topological polar surface area (TPSA) is 38.3 Å². The third-order valence-corrected chi connectivity index (χ3v) is 1.93. The highest BCUT2D eigenvalue weighted by atomic mass is 16.5. The van der Waals surface area contributed by atoms with E-state index in [1.807, 2.05) is 0 Å². The average molecular weight is 173 g/mol. The molecule has 0 fully saturated rings. The van der Waals surface area contributed by atoms with Gasteiger partial charge in [0.1, 0.15) is 6.04 Å². The minimum Gasteiger partial charge on any atom is -0.468 e. The largest absolute Gasteiger partial charge is 0.468 e. The first kappa shape index (κ1) is 11.4. The molecule has 0 aliphatic rings. The summed E-state index contributed by atoms with van der Waals surface area (Å²) in [5.74, 6) is -0.159. The van der Waals surface area contributed by atoms with Gasteiger partial charge < -0.3 is 10.1 Å². The van der Waals surface area contributed by atoms with Gasteiger partial charge in [-0.1, -0.05) is 26.2 Å². The molecule has 0 saturated heterocycles. The Balaban J connectivity index is 3.60. The zero-order chi connectivity index (χ0) is 9.40. The maximum atomic E-state index is 11.1. The van der Waals surface area contributed by atoms with Crippen LogP contribution in [0, 0.1) is 0 Å². The summed E-state index contributed by atoms with van der Waals surface area (Å²) in [5, 5.41) is 2.94. The SMILES string of the molecule is CCCCCC(NC)C(=O)OC. The molecule has 0 aromatic heterocycles. The number of carbonyl (C=O) groups excluding carboxylic acids is 1. The molecule has 0 aromatic carbocycles. The highest BCUT2D eigenvalue weighted by Gasteiger charge is 2.15. The van der Waals surface area contributed by atoms with Crippen molar-refractivity contribution in [3.63, 3.8) is 0 Å². The summed E-state index contributed by atoms with van der Waals surface area (Å²) in [6.45, 7) is 2.15. The normalized spacial score (nSPS) is 12.6. The summed E-state index contributed by atoms with van der Waals surface area (Å²) in [5.41, 5.74) is 0. The number of unbranched alkanes of at least 4 members (excludes halogenated alkanes) is 2. The molecule has 3 heteroatoms. The number of esters is 1. The lowest BCUT2D eigenvalue weighted by molar-refractivity contribution is -0.143. The average Bonchev–Trinajstić information content (AvgIpc) is 2.11. The van der Waals surface area contributed by atoms with Crippen LogP contribution in [0.5, 0.6) is 0 Å². The van der Waals surface area contributed by atoms with Crippen molar-refractivity contribution in [2.75, 3.05) is 14.2 Å². The van der Waals surface area contributed by atoms with Gasteiger partial charge in [0.15, 0.2) is 0 Å². The Kier molecular flexibility index (Phi) is 6.76. The van der Waals surface area contributed by atoms with Gasteiger partial charge in [0.05, 0.1) is 7.11 Å². The van der Waals surface area contributed by atoms with E-state index in [1.54, 1.807) is 7.05 Å². The van der Waals surface area contributed by atoms with Crippen LogP contribution in [0.4, 0.5) is 0 Å². The van der Waals surface area contributed by atoms with Crippen molar-refractivity contribution in [1.82, 2.24) is 5.32 Å². The Hall–Kier alpha value is -0.570. The number of methoxy groups -OCH3 is 1. The molecule has 0 saturated carbocycles. The van der Waals surface area contributed by atoms with Crippen LogP contribution >= 0.6 is 0 Å². The molecule has 0 rings (SSSR count). The molecule has 0 aliphatic heterocycles. The first-order valence-electron chi connectivity index (χ1n) is 4.51. The Labute approximate surface area is 74.5 Å². The Bertz CT molecular complexity index is 126. The fraction of sp³-hybridized carbons (Fsp3) is 0.889. The monoisotopic (exact) mass is 173 g/mol. The molecule has 0 aliphatic carbocycles. The van der Waals surface area contributed by atoms with E-state index in [4.69, 9.17) is 0 Å². The molecule has 3 nitrogen and oxygen atoms in total. The molecule has 0 bridgehead atoms. The van der Waals surface area contributed by atoms with Crippen LogP contribution in [0.1, 0.15) is 32.6 Å². The van der Waals surface area contributed by atoms with Gasteiger partial charge in [0.2, 0.25) is 0 Å². The highest BCUT2D eigenvalue weighted by molar-refractivity contribution is 5.75. The van der Waals surface area contributed by atoms with Gasteiger partial charge in [-0.2, -0.15) is 0 Å². The maximum Gasteiger partial charge on any atom is 0.322 e. The smallest absolute Gasteiger partial charge is 0.322 e. The summed E-state index contributed by atoms with van der Waals surface area (Å²) in [7, 11) is 3.21. The van der Waals surface area contributed by atoms with Crippen LogP contribution in [0.25, 0.3) is 0 Å². The number of nitrogens with one attached hydrogen (secondary N) is 1. The fourth-order valence-corrected chi connectivity index (χ4v) is 1.12. The van der Waals surface area contributed by atoms with Crippen molar-refractivity contribution in [2.24, 2.45) is 0 Å². The van der Waals surface area contributed by atoms with Crippen LogP contribution in [0.3, 0.4) is 0 Å². The molecule has 0 spiro atoms. The van der Waals surface area contributed by atoms with Gasteiger partial charge in [-0.15, -0.1) is 0 Å². The molecule has 12 heavy (non-hydrogen) atoms. The Morgan fingerprint density at radius 1 is 1.50 bits per heavy atom. The maximum absolute atomic E-state index is 11.1. The van der Waals surface area contributed by atoms with E-state index < -0.39 is 0 Å². The van der Waals surface area contributed by atoms with Gasteiger partial charge in [0, 0.05) is 0 Å². The minimum atomic E-state index is -0.159. The zero-order valence-corrected chi connectivity index (χ0v) is 8.22. The first-order valence-corrected chi connectivity index (χ1v) is 4.51. The van der Waals surface area contributed by atoms with Crippen LogP contribution in [-0.2, 0) is 9.53 Å². The highest BCUT2D eigenvalue weighted by Crippen LogP contribution is 2.03. The van der Waals surface area contributed by atoms with Crippen molar-refractivity contribution >= 4 is 5.97 Å². The molecular formula is C9H19NO2. The quantitative estimate of drug-likeness (QED) is 0.486. The van der Waals surface area contributed by atoms with Gasteiger partial charge in [0.25, 0.3) is 0 Å². The third-order valence-electron chi connectivity index (χ3n) is 1.93. The lowest BCUT2D eigenvalue weighted by Gasteiger charge is -2.12. The van der Waals surface area contributed by atoms with Gasteiger partial charge in [-0.3, -0.25) is 4.79 Å². The van der Waals surface area contributed by atoms with Crippen molar-refractivity contribution in [3.05, 3.63) is 0 Å². The molecule has 0 radical (unpaired) electrons. The van der Waals surface area contributed by atoms with E-state index in [0.29, 0.717) is 0 Å². The predicted molar refractivity (Wildman–Crippen MR) is 49.0 cm³/mol. The molecule has 0 aromatic rings. The Morgan fingerprint density at radius 3 is 2.58 bits per heavy atom. The molecule has 1 atom stereocenters. The van der Waals surface area contributed by atoms with Gasteiger partial charge in [-0.25, -0.2) is 0 Å². The van der Waals surface area contributed by atoms with Crippen LogP contribution < -0.4 is 5.32 Å². The molecule has 1 unspecified atom stereocenters. The Morgan fingerprint density at radius 2 is 2.17 bits per heavy atom. The number of ether oxygens (including phenoxy) is 1. The summed E-state index contributed by atoms with van der Waals surface area (Å²) in [6, 6.07) is -0.124. The van der Waals surface area contributed by atoms with E-state index >= 15 is 0 Å². The number of rotatable bonds is 6. The second-order valence-electron chi connectivity index (χ2n) is 2.86. The molecule has 0 heterocycles. The second kappa shape index (κ2) is 7.10. The molecular weight excluding hydrogens is 154 g/mol. The second-order valence-corrected chi connectivity index (χ2v) is 2.86. The van der Waals surface area contributed by atoms with Crippen molar-refractivity contribution < 1.29 is 9.53 Å². The van der Waals surface area contributed by atoms with Crippen molar-refractivity contribution in [1.29, 1.82) is 0 Å². The summed E-state index contributed by atoms with van der Waals surface area (Å²) in [6.07, 6.45) is 4.31. The zero-order valence-electron chi connectivity index (χ0n) is 8.22. The van der Waals surface area contributed by atoms with Crippen LogP contribution in [0.2, 0.25) is 0 Å².